The van der Waals surface area contributed by atoms with Crippen molar-refractivity contribution in [2.45, 2.75) is 37.3 Å². The zero-order valence-electron chi connectivity index (χ0n) is 10.3. The predicted octanol–water partition coefficient (Wildman–Crippen LogP) is 2.80. The van der Waals surface area contributed by atoms with Crippen LogP contribution in [0.1, 0.15) is 36.0 Å². The van der Waals surface area contributed by atoms with Crippen LogP contribution in [0.3, 0.4) is 0 Å². The molecule has 1 aromatic carbocycles. The second kappa shape index (κ2) is 3.99. The van der Waals surface area contributed by atoms with E-state index >= 15 is 0 Å². The molecule has 3 rings (SSSR count). The van der Waals surface area contributed by atoms with Crippen LogP contribution >= 0.6 is 0 Å². The number of halogens is 3. The molecule has 102 valence electrons. The Kier molecular flexibility index (Phi) is 2.62. The Morgan fingerprint density at radius 3 is 2.68 bits per heavy atom. The van der Waals surface area contributed by atoms with E-state index in [1.807, 2.05) is 0 Å². The van der Waals surface area contributed by atoms with E-state index in [1.165, 1.54) is 6.07 Å². The summed E-state index contributed by atoms with van der Waals surface area (Å²) in [6.07, 6.45) is -1.53. The van der Waals surface area contributed by atoms with Gasteiger partial charge in [-0.05, 0) is 42.5 Å². The molecule has 1 aliphatic heterocycles. The Bertz CT molecular complexity index is 538. The number of alkyl halides is 3. The molecule has 1 unspecified atom stereocenters. The van der Waals surface area contributed by atoms with E-state index in [-0.39, 0.29) is 5.91 Å². The van der Waals surface area contributed by atoms with Gasteiger partial charge in [0, 0.05) is 18.4 Å². The summed E-state index contributed by atoms with van der Waals surface area (Å²) in [7, 11) is 0. The number of hydrogen-bond donors (Lipinski definition) is 1. The Labute approximate surface area is 109 Å². The highest BCUT2D eigenvalue weighted by molar-refractivity contribution is 5.81. The summed E-state index contributed by atoms with van der Waals surface area (Å²) in [6.45, 7) is 0.458. The predicted molar refractivity (Wildman–Crippen MR) is 63.7 cm³/mol. The minimum Gasteiger partial charge on any atom is -0.355 e. The van der Waals surface area contributed by atoms with Gasteiger partial charge >= 0.3 is 6.18 Å². The van der Waals surface area contributed by atoms with Gasteiger partial charge in [-0.25, -0.2) is 0 Å². The van der Waals surface area contributed by atoms with Crippen LogP contribution in [0.2, 0.25) is 0 Å². The first-order valence-corrected chi connectivity index (χ1v) is 6.38. The van der Waals surface area contributed by atoms with Crippen LogP contribution in [0.4, 0.5) is 13.2 Å². The van der Waals surface area contributed by atoms with Crippen molar-refractivity contribution in [1.82, 2.24) is 5.32 Å². The van der Waals surface area contributed by atoms with Crippen molar-refractivity contribution in [3.63, 3.8) is 0 Å². The Morgan fingerprint density at radius 1 is 1.26 bits per heavy atom. The highest BCUT2D eigenvalue weighted by atomic mass is 19.4. The van der Waals surface area contributed by atoms with Crippen LogP contribution in [-0.2, 0) is 22.8 Å². The van der Waals surface area contributed by atoms with Gasteiger partial charge in [-0.15, -0.1) is 0 Å². The molecular weight excluding hydrogens is 255 g/mol. The zero-order valence-corrected chi connectivity index (χ0v) is 10.3. The molecule has 1 fully saturated rings. The molecule has 1 spiro atoms. The maximum Gasteiger partial charge on any atom is 0.416 e. The van der Waals surface area contributed by atoms with Crippen molar-refractivity contribution in [2.24, 2.45) is 0 Å². The third-order valence-corrected chi connectivity index (χ3v) is 4.23. The average molecular weight is 269 g/mol. The third-order valence-electron chi connectivity index (χ3n) is 4.23. The third kappa shape index (κ3) is 2.01. The SMILES string of the molecule is O=C1CC2(CCCc3ccc(C(F)(F)F)cc32)CN1. The second-order valence-electron chi connectivity index (χ2n) is 5.46. The van der Waals surface area contributed by atoms with Crippen molar-refractivity contribution in [2.75, 3.05) is 6.54 Å². The van der Waals surface area contributed by atoms with Crippen LogP contribution in [0, 0.1) is 0 Å². The zero-order chi connectivity index (χ0) is 13.7. The van der Waals surface area contributed by atoms with Gasteiger partial charge in [0.15, 0.2) is 0 Å². The lowest BCUT2D eigenvalue weighted by Gasteiger charge is -2.34. The highest BCUT2D eigenvalue weighted by Crippen LogP contribution is 2.44. The summed E-state index contributed by atoms with van der Waals surface area (Å²) in [5.41, 5.74) is 0.626. The fourth-order valence-electron chi connectivity index (χ4n) is 3.28. The quantitative estimate of drug-likeness (QED) is 0.771. The van der Waals surface area contributed by atoms with Crippen molar-refractivity contribution < 1.29 is 18.0 Å². The number of carbonyl (C=O) groups is 1. The molecule has 0 bridgehead atoms. The van der Waals surface area contributed by atoms with Gasteiger partial charge in [0.1, 0.15) is 0 Å². The molecule has 1 saturated heterocycles. The lowest BCUT2D eigenvalue weighted by molar-refractivity contribution is -0.137. The van der Waals surface area contributed by atoms with Crippen molar-refractivity contribution >= 4 is 5.91 Å². The molecule has 19 heavy (non-hydrogen) atoms. The molecule has 2 aliphatic rings. The number of carbonyl (C=O) groups excluding carboxylic acids is 1. The van der Waals surface area contributed by atoms with Crippen LogP contribution in [-0.4, -0.2) is 12.5 Å². The maximum atomic E-state index is 12.8. The summed E-state index contributed by atoms with van der Waals surface area (Å²) in [5.74, 6) is -0.0646. The fourth-order valence-corrected chi connectivity index (χ4v) is 3.28. The Balaban J connectivity index is 2.10. The molecule has 1 heterocycles. The van der Waals surface area contributed by atoms with E-state index in [0.717, 1.165) is 30.9 Å². The topological polar surface area (TPSA) is 29.1 Å². The number of benzene rings is 1. The van der Waals surface area contributed by atoms with Gasteiger partial charge in [0.25, 0.3) is 0 Å². The average Bonchev–Trinajstić information content (AvgIpc) is 2.70. The first-order valence-electron chi connectivity index (χ1n) is 6.38. The number of nitrogens with one attached hydrogen (secondary N) is 1. The van der Waals surface area contributed by atoms with Gasteiger partial charge in [0.2, 0.25) is 5.91 Å². The smallest absolute Gasteiger partial charge is 0.355 e. The molecule has 1 amide bonds. The molecule has 2 nitrogen and oxygen atoms in total. The largest absolute Gasteiger partial charge is 0.416 e. The number of rotatable bonds is 0. The van der Waals surface area contributed by atoms with Gasteiger partial charge in [-0.3, -0.25) is 4.79 Å². The van der Waals surface area contributed by atoms with E-state index in [1.54, 1.807) is 6.07 Å². The minimum absolute atomic E-state index is 0.0646. The molecule has 0 radical (unpaired) electrons. The molecule has 0 aromatic heterocycles. The van der Waals surface area contributed by atoms with E-state index in [9.17, 15) is 18.0 Å². The minimum atomic E-state index is -4.33. The van der Waals surface area contributed by atoms with Gasteiger partial charge in [-0.2, -0.15) is 13.2 Å². The second-order valence-corrected chi connectivity index (χ2v) is 5.46. The van der Waals surface area contributed by atoms with E-state index < -0.39 is 17.2 Å². The molecular formula is C14H14F3NO. The lowest BCUT2D eigenvalue weighted by atomic mass is 9.69. The lowest BCUT2D eigenvalue weighted by Crippen LogP contribution is -2.33. The summed E-state index contributed by atoms with van der Waals surface area (Å²) >= 11 is 0. The normalized spacial score (nSPS) is 26.4. The molecule has 5 heteroatoms. The maximum absolute atomic E-state index is 12.8. The number of amides is 1. The molecule has 1 N–H and O–H groups in total. The van der Waals surface area contributed by atoms with Crippen LogP contribution < -0.4 is 5.32 Å². The Hall–Kier alpha value is -1.52. The summed E-state index contributed by atoms with van der Waals surface area (Å²) in [4.78, 5) is 11.5. The first kappa shape index (κ1) is 12.5. The van der Waals surface area contributed by atoms with Crippen molar-refractivity contribution in [3.8, 4) is 0 Å². The number of aryl methyl sites for hydroxylation is 1. The molecule has 1 aromatic rings. The van der Waals surface area contributed by atoms with Crippen molar-refractivity contribution in [1.29, 1.82) is 0 Å². The van der Waals surface area contributed by atoms with Crippen LogP contribution in [0.15, 0.2) is 18.2 Å². The highest BCUT2D eigenvalue weighted by Gasteiger charge is 2.44. The molecule has 0 saturated carbocycles. The van der Waals surface area contributed by atoms with Gasteiger partial charge < -0.3 is 5.32 Å². The van der Waals surface area contributed by atoms with Gasteiger partial charge in [-0.1, -0.05) is 6.07 Å². The first-order chi connectivity index (χ1) is 8.91. The fraction of sp³-hybridized carbons (Fsp3) is 0.500. The van der Waals surface area contributed by atoms with Crippen LogP contribution in [0.5, 0.6) is 0 Å². The monoisotopic (exact) mass is 269 g/mol. The Morgan fingerprint density at radius 2 is 2.05 bits per heavy atom. The summed E-state index contributed by atoms with van der Waals surface area (Å²) < 4.78 is 38.5. The van der Waals surface area contributed by atoms with E-state index in [2.05, 4.69) is 5.32 Å². The molecule has 1 atom stereocenters. The van der Waals surface area contributed by atoms with E-state index in [4.69, 9.17) is 0 Å². The van der Waals surface area contributed by atoms with E-state index in [0.29, 0.717) is 18.5 Å². The summed E-state index contributed by atoms with van der Waals surface area (Å²) in [6, 6.07) is 3.96. The standard InChI is InChI=1S/C14H14F3NO/c15-14(16,17)10-4-3-9-2-1-5-13(11(9)6-10)7-12(19)18-8-13/h3-4,6H,1-2,5,7-8H2,(H,18,19). The van der Waals surface area contributed by atoms with Gasteiger partial charge in [0.05, 0.1) is 5.56 Å². The van der Waals surface area contributed by atoms with Crippen molar-refractivity contribution in [3.05, 3.63) is 34.9 Å². The summed E-state index contributed by atoms with van der Waals surface area (Å²) in [5, 5.41) is 2.76. The number of fused-ring (bicyclic) bond motifs is 2. The van der Waals surface area contributed by atoms with Crippen LogP contribution in [0.25, 0.3) is 0 Å². The number of hydrogen-bond acceptors (Lipinski definition) is 1. The molecule has 1 aliphatic carbocycles.